The van der Waals surface area contributed by atoms with E-state index in [0.29, 0.717) is 0 Å². The highest BCUT2D eigenvalue weighted by atomic mass is 14.7. The number of benzene rings is 1. The first-order valence-corrected chi connectivity index (χ1v) is 6.30. The number of aryl methyl sites for hydroxylation is 1. The zero-order valence-electron chi connectivity index (χ0n) is 10.2. The number of aromatic nitrogens is 1. The van der Waals surface area contributed by atoms with Gasteiger partial charge in [0, 0.05) is 23.5 Å². The van der Waals surface area contributed by atoms with Crippen LogP contribution in [0.1, 0.15) is 30.4 Å². The SMILES string of the molecule is Cc1cnc2ccc(C3(CN)CCC3)cc2c1. The van der Waals surface area contributed by atoms with E-state index in [2.05, 4.69) is 36.2 Å². The van der Waals surface area contributed by atoms with Crippen molar-refractivity contribution in [2.24, 2.45) is 5.73 Å². The summed E-state index contributed by atoms with van der Waals surface area (Å²) in [5, 5.41) is 1.24. The molecule has 1 saturated carbocycles. The highest BCUT2D eigenvalue weighted by Gasteiger charge is 2.37. The number of hydrogen-bond donors (Lipinski definition) is 1. The van der Waals surface area contributed by atoms with Crippen molar-refractivity contribution < 1.29 is 0 Å². The monoisotopic (exact) mass is 226 g/mol. The van der Waals surface area contributed by atoms with Crippen molar-refractivity contribution in [2.75, 3.05) is 6.54 Å². The Balaban J connectivity index is 2.12. The smallest absolute Gasteiger partial charge is 0.0702 e. The second-order valence-corrected chi connectivity index (χ2v) is 5.26. The quantitative estimate of drug-likeness (QED) is 0.855. The normalized spacial score (nSPS) is 18.0. The molecule has 88 valence electrons. The van der Waals surface area contributed by atoms with E-state index in [1.807, 2.05) is 6.20 Å². The second-order valence-electron chi connectivity index (χ2n) is 5.26. The maximum Gasteiger partial charge on any atom is 0.0702 e. The van der Waals surface area contributed by atoms with Crippen molar-refractivity contribution in [3.05, 3.63) is 41.6 Å². The zero-order valence-corrected chi connectivity index (χ0v) is 10.2. The lowest BCUT2D eigenvalue weighted by atomic mass is 9.64. The molecule has 0 bridgehead atoms. The summed E-state index contributed by atoms with van der Waals surface area (Å²) in [6, 6.07) is 8.81. The van der Waals surface area contributed by atoms with Gasteiger partial charge in [-0.15, -0.1) is 0 Å². The minimum Gasteiger partial charge on any atom is -0.330 e. The van der Waals surface area contributed by atoms with Crippen LogP contribution in [0.2, 0.25) is 0 Å². The molecule has 1 fully saturated rings. The Hall–Kier alpha value is -1.41. The molecule has 0 amide bonds. The summed E-state index contributed by atoms with van der Waals surface area (Å²) in [6.07, 6.45) is 5.69. The van der Waals surface area contributed by atoms with Crippen LogP contribution in [-0.4, -0.2) is 11.5 Å². The molecule has 1 aliphatic carbocycles. The van der Waals surface area contributed by atoms with Crippen LogP contribution < -0.4 is 5.73 Å². The summed E-state index contributed by atoms with van der Waals surface area (Å²) in [4.78, 5) is 4.44. The predicted molar refractivity (Wildman–Crippen MR) is 71.1 cm³/mol. The Bertz CT molecular complexity index is 550. The van der Waals surface area contributed by atoms with Gasteiger partial charge in [-0.2, -0.15) is 0 Å². The third kappa shape index (κ3) is 1.64. The topological polar surface area (TPSA) is 38.9 Å². The fraction of sp³-hybridized carbons (Fsp3) is 0.400. The van der Waals surface area contributed by atoms with Crippen LogP contribution in [0.3, 0.4) is 0 Å². The van der Waals surface area contributed by atoms with Crippen molar-refractivity contribution in [3.8, 4) is 0 Å². The summed E-state index contributed by atoms with van der Waals surface area (Å²) < 4.78 is 0. The molecular formula is C15H18N2. The summed E-state index contributed by atoms with van der Waals surface area (Å²) in [7, 11) is 0. The number of fused-ring (bicyclic) bond motifs is 1. The summed E-state index contributed by atoms with van der Waals surface area (Å²) in [6.45, 7) is 2.85. The lowest BCUT2D eigenvalue weighted by Crippen LogP contribution is -2.41. The van der Waals surface area contributed by atoms with Crippen LogP contribution in [0.4, 0.5) is 0 Å². The molecule has 3 rings (SSSR count). The molecule has 1 aromatic carbocycles. The van der Waals surface area contributed by atoms with Gasteiger partial charge in [-0.1, -0.05) is 12.5 Å². The van der Waals surface area contributed by atoms with Crippen LogP contribution in [0.5, 0.6) is 0 Å². The van der Waals surface area contributed by atoms with E-state index in [1.165, 1.54) is 35.8 Å². The maximum atomic E-state index is 5.96. The van der Waals surface area contributed by atoms with E-state index >= 15 is 0 Å². The van der Waals surface area contributed by atoms with E-state index in [0.717, 1.165) is 12.1 Å². The van der Waals surface area contributed by atoms with Gasteiger partial charge in [0.15, 0.2) is 0 Å². The molecule has 1 aliphatic rings. The van der Waals surface area contributed by atoms with Crippen molar-refractivity contribution in [2.45, 2.75) is 31.6 Å². The molecule has 0 saturated heterocycles. The van der Waals surface area contributed by atoms with Crippen LogP contribution >= 0.6 is 0 Å². The lowest BCUT2D eigenvalue weighted by Gasteiger charge is -2.41. The fourth-order valence-corrected chi connectivity index (χ4v) is 2.79. The molecule has 0 spiro atoms. The largest absolute Gasteiger partial charge is 0.330 e. The van der Waals surface area contributed by atoms with Crippen LogP contribution in [0, 0.1) is 6.92 Å². The third-order valence-electron chi connectivity index (χ3n) is 4.13. The molecular weight excluding hydrogens is 208 g/mol. The Morgan fingerprint density at radius 2 is 2.12 bits per heavy atom. The zero-order chi connectivity index (χ0) is 11.9. The third-order valence-corrected chi connectivity index (χ3v) is 4.13. The van der Waals surface area contributed by atoms with E-state index in [-0.39, 0.29) is 5.41 Å². The average Bonchev–Trinajstić information content (AvgIpc) is 2.28. The van der Waals surface area contributed by atoms with Gasteiger partial charge in [-0.3, -0.25) is 4.98 Å². The lowest BCUT2D eigenvalue weighted by molar-refractivity contribution is 0.253. The number of nitrogens with two attached hydrogens (primary N) is 1. The number of rotatable bonds is 2. The van der Waals surface area contributed by atoms with E-state index in [1.54, 1.807) is 0 Å². The predicted octanol–water partition coefficient (Wildman–Crippen LogP) is 2.92. The van der Waals surface area contributed by atoms with Gasteiger partial charge in [-0.05, 0) is 49.1 Å². The molecule has 2 aromatic rings. The van der Waals surface area contributed by atoms with Gasteiger partial charge in [-0.25, -0.2) is 0 Å². The van der Waals surface area contributed by atoms with E-state index in [9.17, 15) is 0 Å². The molecule has 1 aromatic heterocycles. The Morgan fingerprint density at radius 1 is 1.29 bits per heavy atom. The molecule has 1 heterocycles. The molecule has 2 N–H and O–H groups in total. The molecule has 0 atom stereocenters. The van der Waals surface area contributed by atoms with Crippen LogP contribution in [0.15, 0.2) is 30.5 Å². The van der Waals surface area contributed by atoms with Gasteiger partial charge in [0.25, 0.3) is 0 Å². The number of pyridine rings is 1. The highest BCUT2D eigenvalue weighted by Crippen LogP contribution is 2.43. The number of nitrogens with zero attached hydrogens (tertiary/aromatic N) is 1. The molecule has 0 unspecified atom stereocenters. The minimum atomic E-state index is 0.248. The highest BCUT2D eigenvalue weighted by molar-refractivity contribution is 5.80. The van der Waals surface area contributed by atoms with Crippen molar-refractivity contribution in [1.82, 2.24) is 4.98 Å². The van der Waals surface area contributed by atoms with E-state index < -0.39 is 0 Å². The second kappa shape index (κ2) is 3.81. The molecule has 17 heavy (non-hydrogen) atoms. The maximum absolute atomic E-state index is 5.96. The Morgan fingerprint density at radius 3 is 2.76 bits per heavy atom. The Labute approximate surface area is 102 Å². The van der Waals surface area contributed by atoms with Crippen molar-refractivity contribution in [3.63, 3.8) is 0 Å². The van der Waals surface area contributed by atoms with Gasteiger partial charge in [0.2, 0.25) is 0 Å². The first-order chi connectivity index (χ1) is 8.23. The summed E-state index contributed by atoms with van der Waals surface area (Å²) in [5.41, 5.74) is 9.89. The molecule has 2 heteroatoms. The van der Waals surface area contributed by atoms with Crippen molar-refractivity contribution in [1.29, 1.82) is 0 Å². The van der Waals surface area contributed by atoms with Gasteiger partial charge in [0.05, 0.1) is 5.52 Å². The first kappa shape index (κ1) is 10.7. The van der Waals surface area contributed by atoms with Gasteiger partial charge in [0.1, 0.15) is 0 Å². The Kier molecular flexibility index (Phi) is 2.40. The summed E-state index contributed by atoms with van der Waals surface area (Å²) >= 11 is 0. The fourth-order valence-electron chi connectivity index (χ4n) is 2.79. The minimum absolute atomic E-state index is 0.248. The molecule has 0 radical (unpaired) electrons. The number of hydrogen-bond acceptors (Lipinski definition) is 2. The van der Waals surface area contributed by atoms with Crippen LogP contribution in [0.25, 0.3) is 10.9 Å². The molecule has 0 aliphatic heterocycles. The summed E-state index contributed by atoms with van der Waals surface area (Å²) in [5.74, 6) is 0. The van der Waals surface area contributed by atoms with Gasteiger partial charge < -0.3 is 5.73 Å². The van der Waals surface area contributed by atoms with E-state index in [4.69, 9.17) is 5.73 Å². The van der Waals surface area contributed by atoms with Gasteiger partial charge >= 0.3 is 0 Å². The van der Waals surface area contributed by atoms with Crippen molar-refractivity contribution >= 4 is 10.9 Å². The standard InChI is InChI=1S/C15H18N2/c1-11-7-12-8-13(3-4-14(12)17-9-11)15(10-16)5-2-6-15/h3-4,7-9H,2,5-6,10,16H2,1H3. The molecule has 2 nitrogen and oxygen atoms in total. The average molecular weight is 226 g/mol. The van der Waals surface area contributed by atoms with Crippen LogP contribution in [-0.2, 0) is 5.41 Å². The first-order valence-electron chi connectivity index (χ1n) is 6.30.